The summed E-state index contributed by atoms with van der Waals surface area (Å²) in [6.45, 7) is 4.41. The van der Waals surface area contributed by atoms with E-state index >= 15 is 0 Å². The van der Waals surface area contributed by atoms with E-state index in [-0.39, 0.29) is 17.9 Å². The number of allylic oxidation sites excluding steroid dienone is 2. The number of unbranched alkanes of at least 4 members (excludes halogenated alkanes) is 10. The fraction of sp³-hybridized carbons (Fsp3) is 0.870. The highest BCUT2D eigenvalue weighted by molar-refractivity contribution is 5.77. The number of primary amides is 1. The molecule has 1 amide bonds. The van der Waals surface area contributed by atoms with Crippen LogP contribution in [0.5, 0.6) is 0 Å². The predicted molar refractivity (Wildman–Crippen MR) is 115 cm³/mol. The van der Waals surface area contributed by atoms with Gasteiger partial charge in [-0.15, -0.1) is 0 Å². The molecule has 0 aromatic heterocycles. The van der Waals surface area contributed by atoms with Gasteiger partial charge in [0.05, 0.1) is 5.92 Å². The van der Waals surface area contributed by atoms with Crippen molar-refractivity contribution in [1.29, 1.82) is 0 Å². The lowest BCUT2D eigenvalue weighted by atomic mass is 9.90. The van der Waals surface area contributed by atoms with Crippen LogP contribution in [-0.2, 0) is 4.79 Å². The standard InChI is InChI=1S/C23H46N2O/c1-5-7-8-9-10-11-12-13-14-15-16-17-18-19-20-21(23(24)26)22(6-2)25(3)4/h13-14,21-22H,5-12,15-20H2,1-4H3,(H2,24,26). The Balaban J connectivity index is 3.64. The molecule has 0 bridgehead atoms. The summed E-state index contributed by atoms with van der Waals surface area (Å²) < 4.78 is 0. The van der Waals surface area contributed by atoms with E-state index in [0.29, 0.717) is 0 Å². The largest absolute Gasteiger partial charge is 0.369 e. The van der Waals surface area contributed by atoms with Crippen molar-refractivity contribution in [3.05, 3.63) is 12.2 Å². The van der Waals surface area contributed by atoms with Crippen molar-refractivity contribution >= 4 is 5.91 Å². The molecule has 0 rings (SSSR count). The normalized spacial score (nSPS) is 14.2. The summed E-state index contributed by atoms with van der Waals surface area (Å²) in [6.07, 6.45) is 22.2. The summed E-state index contributed by atoms with van der Waals surface area (Å²) in [5, 5.41) is 0. The quantitative estimate of drug-likeness (QED) is 0.236. The van der Waals surface area contributed by atoms with Crippen LogP contribution in [0.15, 0.2) is 12.2 Å². The first-order valence-electron chi connectivity index (χ1n) is 11.1. The summed E-state index contributed by atoms with van der Waals surface area (Å²) in [6, 6.07) is 0.275. The summed E-state index contributed by atoms with van der Waals surface area (Å²) >= 11 is 0. The molecule has 0 spiro atoms. The van der Waals surface area contributed by atoms with Gasteiger partial charge in [0.15, 0.2) is 0 Å². The van der Waals surface area contributed by atoms with Gasteiger partial charge in [-0.3, -0.25) is 4.79 Å². The first-order valence-corrected chi connectivity index (χ1v) is 11.1. The Morgan fingerprint density at radius 3 is 1.81 bits per heavy atom. The first-order chi connectivity index (χ1) is 12.5. The summed E-state index contributed by atoms with van der Waals surface area (Å²) in [5.74, 6) is -0.143. The van der Waals surface area contributed by atoms with Crippen LogP contribution in [0, 0.1) is 5.92 Å². The van der Waals surface area contributed by atoms with Crippen molar-refractivity contribution in [3.8, 4) is 0 Å². The van der Waals surface area contributed by atoms with Gasteiger partial charge in [-0.2, -0.15) is 0 Å². The maximum absolute atomic E-state index is 11.8. The summed E-state index contributed by atoms with van der Waals surface area (Å²) in [7, 11) is 4.09. The molecule has 0 aromatic rings. The Labute approximate surface area is 163 Å². The van der Waals surface area contributed by atoms with Crippen molar-refractivity contribution in [2.75, 3.05) is 14.1 Å². The Kier molecular flexibility index (Phi) is 17.0. The number of nitrogens with zero attached hydrogens (tertiary/aromatic N) is 1. The Morgan fingerprint density at radius 2 is 1.35 bits per heavy atom. The first kappa shape index (κ1) is 25.2. The summed E-state index contributed by atoms with van der Waals surface area (Å²) in [4.78, 5) is 13.9. The monoisotopic (exact) mass is 366 g/mol. The third-order valence-electron chi connectivity index (χ3n) is 5.44. The average molecular weight is 367 g/mol. The van der Waals surface area contributed by atoms with E-state index in [1.165, 1.54) is 70.6 Å². The molecule has 0 aliphatic carbocycles. The van der Waals surface area contributed by atoms with Crippen molar-refractivity contribution in [2.24, 2.45) is 11.7 Å². The molecule has 0 aliphatic rings. The van der Waals surface area contributed by atoms with Crippen LogP contribution in [0.25, 0.3) is 0 Å². The molecule has 0 aliphatic heterocycles. The summed E-state index contributed by atoms with van der Waals surface area (Å²) in [5.41, 5.74) is 5.63. The number of carbonyl (C=O) groups excluding carboxylic acids is 1. The fourth-order valence-electron chi connectivity index (χ4n) is 3.79. The van der Waals surface area contributed by atoms with Crippen LogP contribution in [0.1, 0.15) is 104 Å². The zero-order chi connectivity index (χ0) is 19.6. The molecule has 26 heavy (non-hydrogen) atoms. The highest BCUT2D eigenvalue weighted by atomic mass is 16.1. The molecule has 3 heteroatoms. The van der Waals surface area contributed by atoms with Crippen LogP contribution in [-0.4, -0.2) is 30.9 Å². The van der Waals surface area contributed by atoms with Crippen LogP contribution in [0.2, 0.25) is 0 Å². The van der Waals surface area contributed by atoms with Gasteiger partial charge in [-0.1, -0.05) is 77.4 Å². The molecule has 3 nitrogen and oxygen atoms in total. The molecule has 0 saturated heterocycles. The van der Waals surface area contributed by atoms with Gasteiger partial charge in [0, 0.05) is 6.04 Å². The lowest BCUT2D eigenvalue weighted by molar-refractivity contribution is -0.124. The molecular formula is C23H46N2O. The Bertz CT molecular complexity index is 352. The molecule has 0 fully saturated rings. The molecule has 0 aromatic carbocycles. The number of amides is 1. The number of carbonyl (C=O) groups is 1. The van der Waals surface area contributed by atoms with Gasteiger partial charge in [0.1, 0.15) is 0 Å². The Morgan fingerprint density at radius 1 is 0.846 bits per heavy atom. The van der Waals surface area contributed by atoms with Crippen LogP contribution in [0.4, 0.5) is 0 Å². The van der Waals surface area contributed by atoms with E-state index in [0.717, 1.165) is 19.3 Å². The third-order valence-corrected chi connectivity index (χ3v) is 5.44. The Hall–Kier alpha value is -0.830. The van der Waals surface area contributed by atoms with E-state index in [1.54, 1.807) is 0 Å². The van der Waals surface area contributed by atoms with Crippen LogP contribution < -0.4 is 5.73 Å². The van der Waals surface area contributed by atoms with Gasteiger partial charge >= 0.3 is 0 Å². The molecule has 2 N–H and O–H groups in total. The zero-order valence-electron chi connectivity index (χ0n) is 18.1. The van der Waals surface area contributed by atoms with Gasteiger partial charge in [0.2, 0.25) is 5.91 Å². The number of hydrogen-bond acceptors (Lipinski definition) is 2. The third kappa shape index (κ3) is 13.4. The molecule has 0 saturated carbocycles. The minimum Gasteiger partial charge on any atom is -0.369 e. The van der Waals surface area contributed by atoms with Crippen molar-refractivity contribution in [3.63, 3.8) is 0 Å². The predicted octanol–water partition coefficient (Wildman–Crippen LogP) is 6.08. The minimum atomic E-state index is -0.136. The average Bonchev–Trinajstić information content (AvgIpc) is 2.60. The van der Waals surface area contributed by atoms with Crippen molar-refractivity contribution < 1.29 is 4.79 Å². The van der Waals surface area contributed by atoms with Gasteiger partial charge < -0.3 is 10.6 Å². The highest BCUT2D eigenvalue weighted by Crippen LogP contribution is 2.20. The van der Waals surface area contributed by atoms with E-state index in [4.69, 9.17) is 5.73 Å². The van der Waals surface area contributed by atoms with Gasteiger partial charge in [-0.05, 0) is 52.6 Å². The van der Waals surface area contributed by atoms with Gasteiger partial charge in [-0.25, -0.2) is 0 Å². The lowest BCUT2D eigenvalue weighted by Crippen LogP contribution is -2.41. The lowest BCUT2D eigenvalue weighted by Gasteiger charge is -2.29. The van der Waals surface area contributed by atoms with E-state index in [9.17, 15) is 4.79 Å². The molecule has 154 valence electrons. The molecule has 0 radical (unpaired) electrons. The maximum atomic E-state index is 11.8. The smallest absolute Gasteiger partial charge is 0.222 e. The molecule has 0 heterocycles. The van der Waals surface area contributed by atoms with Crippen molar-refractivity contribution in [2.45, 2.75) is 110 Å². The van der Waals surface area contributed by atoms with E-state index in [2.05, 4.69) is 30.9 Å². The van der Waals surface area contributed by atoms with E-state index in [1.807, 2.05) is 14.1 Å². The second-order valence-electron chi connectivity index (χ2n) is 7.97. The van der Waals surface area contributed by atoms with Gasteiger partial charge in [0.25, 0.3) is 0 Å². The number of hydrogen-bond donors (Lipinski definition) is 1. The zero-order valence-corrected chi connectivity index (χ0v) is 18.1. The van der Waals surface area contributed by atoms with Crippen LogP contribution >= 0.6 is 0 Å². The highest BCUT2D eigenvalue weighted by Gasteiger charge is 2.26. The van der Waals surface area contributed by atoms with E-state index < -0.39 is 0 Å². The number of nitrogens with two attached hydrogens (primary N) is 1. The second kappa shape index (κ2) is 17.6. The molecular weight excluding hydrogens is 320 g/mol. The second-order valence-corrected chi connectivity index (χ2v) is 7.97. The SMILES string of the molecule is CCCCCCCCC=CCCCCCCC(C(N)=O)C(CC)N(C)C. The van der Waals surface area contributed by atoms with Crippen molar-refractivity contribution in [1.82, 2.24) is 4.90 Å². The fourth-order valence-corrected chi connectivity index (χ4v) is 3.79. The topological polar surface area (TPSA) is 46.3 Å². The molecule has 2 atom stereocenters. The minimum absolute atomic E-state index is 0.00720. The maximum Gasteiger partial charge on any atom is 0.222 e. The van der Waals surface area contributed by atoms with Crippen LogP contribution in [0.3, 0.4) is 0 Å². The number of rotatable bonds is 18. The molecule has 2 unspecified atom stereocenters.